The highest BCUT2D eigenvalue weighted by Gasteiger charge is 2.40. The molecule has 0 unspecified atom stereocenters. The van der Waals surface area contributed by atoms with Crippen LogP contribution in [0.3, 0.4) is 0 Å². The lowest BCUT2D eigenvalue weighted by atomic mass is 10.2. The fourth-order valence-corrected chi connectivity index (χ4v) is 5.14. The summed E-state index contributed by atoms with van der Waals surface area (Å²) in [5.41, 5.74) is 0.996. The first-order chi connectivity index (χ1) is 13.9. The third-order valence-electron chi connectivity index (χ3n) is 5.14. The van der Waals surface area contributed by atoms with Crippen molar-refractivity contribution in [3.63, 3.8) is 0 Å². The second kappa shape index (κ2) is 9.41. The maximum absolute atomic E-state index is 13.0. The molecule has 0 aliphatic carbocycles. The van der Waals surface area contributed by atoms with Gasteiger partial charge in [0.1, 0.15) is 11.8 Å². The summed E-state index contributed by atoms with van der Waals surface area (Å²) < 4.78 is 33.1. The highest BCUT2D eigenvalue weighted by molar-refractivity contribution is 7.89. The van der Waals surface area contributed by atoms with E-state index in [1.165, 1.54) is 4.31 Å². The van der Waals surface area contributed by atoms with Gasteiger partial charge in [-0.25, -0.2) is 8.42 Å². The molecule has 3 rings (SSSR count). The van der Waals surface area contributed by atoms with Gasteiger partial charge in [-0.05, 0) is 50.5 Å². The van der Waals surface area contributed by atoms with Crippen LogP contribution in [0.2, 0.25) is 0 Å². The standard InChI is InChI=1S/C22H28N2O4S/c1-18-11-13-20(14-12-18)29(26,27)24-16-6-10-21(24)22(25)23(2)15-7-17-28-19-8-4-3-5-9-19/h3-5,8-9,11-14,21H,6-7,10,15-17H2,1-2H3/t21-/m0/s1. The molecule has 1 amide bonds. The molecule has 29 heavy (non-hydrogen) atoms. The quantitative estimate of drug-likeness (QED) is 0.621. The number of aryl methyl sites for hydroxylation is 1. The average Bonchev–Trinajstić information content (AvgIpc) is 3.22. The summed E-state index contributed by atoms with van der Waals surface area (Å²) in [6.07, 6.45) is 1.91. The number of ether oxygens (including phenoxy) is 1. The molecule has 1 fully saturated rings. The van der Waals surface area contributed by atoms with Gasteiger partial charge in [-0.1, -0.05) is 35.9 Å². The zero-order valence-electron chi connectivity index (χ0n) is 17.0. The molecule has 1 heterocycles. The van der Waals surface area contributed by atoms with Crippen LogP contribution in [0.1, 0.15) is 24.8 Å². The van der Waals surface area contributed by atoms with Crippen molar-refractivity contribution >= 4 is 15.9 Å². The first-order valence-corrected chi connectivity index (χ1v) is 11.3. The maximum Gasteiger partial charge on any atom is 0.243 e. The number of amides is 1. The predicted octanol–water partition coefficient (Wildman–Crippen LogP) is 3.08. The van der Waals surface area contributed by atoms with Crippen LogP contribution in [-0.4, -0.2) is 56.3 Å². The first-order valence-electron chi connectivity index (χ1n) is 9.91. The van der Waals surface area contributed by atoms with Crippen molar-refractivity contribution in [2.24, 2.45) is 0 Å². The number of sulfonamides is 1. The van der Waals surface area contributed by atoms with Gasteiger partial charge < -0.3 is 9.64 Å². The Balaban J connectivity index is 1.58. The molecule has 156 valence electrons. The minimum absolute atomic E-state index is 0.155. The molecule has 7 heteroatoms. The van der Waals surface area contributed by atoms with E-state index in [4.69, 9.17) is 4.74 Å². The fourth-order valence-electron chi connectivity index (χ4n) is 3.49. The summed E-state index contributed by atoms with van der Waals surface area (Å²) >= 11 is 0. The molecule has 1 aliphatic heterocycles. The molecule has 0 N–H and O–H groups in total. The molecule has 0 bridgehead atoms. The van der Waals surface area contributed by atoms with Gasteiger partial charge in [0.2, 0.25) is 15.9 Å². The van der Waals surface area contributed by atoms with Gasteiger partial charge in [0, 0.05) is 20.1 Å². The predicted molar refractivity (Wildman–Crippen MR) is 112 cm³/mol. The fraction of sp³-hybridized carbons (Fsp3) is 0.409. The lowest BCUT2D eigenvalue weighted by Crippen LogP contribution is -2.46. The number of benzene rings is 2. The zero-order chi connectivity index (χ0) is 20.9. The molecule has 0 radical (unpaired) electrons. The number of nitrogens with zero attached hydrogens (tertiary/aromatic N) is 2. The van der Waals surface area contributed by atoms with Gasteiger partial charge in [0.15, 0.2) is 0 Å². The van der Waals surface area contributed by atoms with Crippen LogP contribution < -0.4 is 4.74 Å². The Morgan fingerprint density at radius 2 is 1.83 bits per heavy atom. The lowest BCUT2D eigenvalue weighted by molar-refractivity contribution is -0.133. The topological polar surface area (TPSA) is 66.9 Å². The van der Waals surface area contributed by atoms with Gasteiger partial charge in [-0.2, -0.15) is 4.31 Å². The van der Waals surface area contributed by atoms with Crippen LogP contribution in [0.15, 0.2) is 59.5 Å². The van der Waals surface area contributed by atoms with E-state index in [2.05, 4.69) is 0 Å². The first kappa shape index (κ1) is 21.3. The monoisotopic (exact) mass is 416 g/mol. The minimum atomic E-state index is -3.68. The lowest BCUT2D eigenvalue weighted by Gasteiger charge is -2.27. The number of rotatable bonds is 8. The van der Waals surface area contributed by atoms with Crippen molar-refractivity contribution in [2.75, 3.05) is 26.7 Å². The summed E-state index contributed by atoms with van der Waals surface area (Å²) in [6, 6.07) is 15.7. The number of para-hydroxylation sites is 1. The normalized spacial score (nSPS) is 17.2. The van der Waals surface area contributed by atoms with Crippen LogP contribution in [0.4, 0.5) is 0 Å². The average molecular weight is 417 g/mol. The third kappa shape index (κ3) is 5.16. The third-order valence-corrected chi connectivity index (χ3v) is 7.06. The summed E-state index contributed by atoms with van der Waals surface area (Å²) in [7, 11) is -1.96. The molecule has 0 saturated carbocycles. The van der Waals surface area contributed by atoms with E-state index in [1.807, 2.05) is 37.3 Å². The van der Waals surface area contributed by atoms with Crippen LogP contribution in [0.5, 0.6) is 5.75 Å². The van der Waals surface area contributed by atoms with Gasteiger partial charge in [0.25, 0.3) is 0 Å². The number of hydrogen-bond acceptors (Lipinski definition) is 4. The van der Waals surface area contributed by atoms with E-state index in [0.29, 0.717) is 39.0 Å². The second-order valence-corrected chi connectivity index (χ2v) is 9.25. The number of carbonyl (C=O) groups excluding carboxylic acids is 1. The van der Waals surface area contributed by atoms with Crippen molar-refractivity contribution in [2.45, 2.75) is 37.1 Å². The SMILES string of the molecule is Cc1ccc(S(=O)(=O)N2CCC[C@H]2C(=O)N(C)CCCOc2ccccc2)cc1. The Morgan fingerprint density at radius 3 is 2.52 bits per heavy atom. The molecule has 2 aromatic rings. The van der Waals surface area contributed by atoms with E-state index >= 15 is 0 Å². The molecule has 1 saturated heterocycles. The van der Waals surface area contributed by atoms with Crippen molar-refractivity contribution in [3.05, 3.63) is 60.2 Å². The van der Waals surface area contributed by atoms with E-state index in [0.717, 1.165) is 11.3 Å². The summed E-state index contributed by atoms with van der Waals surface area (Å²) in [4.78, 5) is 14.8. The van der Waals surface area contributed by atoms with E-state index in [-0.39, 0.29) is 10.8 Å². The van der Waals surface area contributed by atoms with Crippen molar-refractivity contribution in [1.82, 2.24) is 9.21 Å². The van der Waals surface area contributed by atoms with E-state index in [1.54, 1.807) is 36.2 Å². The summed E-state index contributed by atoms with van der Waals surface area (Å²) in [5.74, 6) is 0.644. The maximum atomic E-state index is 13.0. The Morgan fingerprint density at radius 1 is 1.14 bits per heavy atom. The van der Waals surface area contributed by atoms with Crippen LogP contribution in [-0.2, 0) is 14.8 Å². The molecule has 6 nitrogen and oxygen atoms in total. The Kier molecular flexibility index (Phi) is 6.92. The molecule has 0 spiro atoms. The highest BCUT2D eigenvalue weighted by Crippen LogP contribution is 2.27. The van der Waals surface area contributed by atoms with Crippen LogP contribution >= 0.6 is 0 Å². The number of hydrogen-bond donors (Lipinski definition) is 0. The van der Waals surface area contributed by atoms with Crippen molar-refractivity contribution < 1.29 is 17.9 Å². The van der Waals surface area contributed by atoms with Crippen molar-refractivity contribution in [3.8, 4) is 5.75 Å². The number of likely N-dealkylation sites (N-methyl/N-ethyl adjacent to an activating group) is 1. The van der Waals surface area contributed by atoms with Crippen LogP contribution in [0.25, 0.3) is 0 Å². The Hall–Kier alpha value is -2.38. The Labute approximate surface area is 173 Å². The van der Waals surface area contributed by atoms with Crippen LogP contribution in [0, 0.1) is 6.92 Å². The molecule has 2 aromatic carbocycles. The molecular weight excluding hydrogens is 388 g/mol. The molecular formula is C22H28N2O4S. The highest BCUT2D eigenvalue weighted by atomic mass is 32.2. The van der Waals surface area contributed by atoms with E-state index in [9.17, 15) is 13.2 Å². The molecule has 1 aliphatic rings. The molecule has 0 aromatic heterocycles. The summed E-state index contributed by atoms with van der Waals surface area (Å²) in [6.45, 7) is 3.30. The summed E-state index contributed by atoms with van der Waals surface area (Å²) in [5, 5.41) is 0. The number of carbonyl (C=O) groups is 1. The van der Waals surface area contributed by atoms with Gasteiger partial charge >= 0.3 is 0 Å². The second-order valence-electron chi connectivity index (χ2n) is 7.36. The minimum Gasteiger partial charge on any atom is -0.494 e. The Bertz CT molecular complexity index is 914. The zero-order valence-corrected chi connectivity index (χ0v) is 17.8. The van der Waals surface area contributed by atoms with Crippen molar-refractivity contribution in [1.29, 1.82) is 0 Å². The largest absolute Gasteiger partial charge is 0.494 e. The molecule has 1 atom stereocenters. The van der Waals surface area contributed by atoms with Gasteiger partial charge in [-0.3, -0.25) is 4.79 Å². The van der Waals surface area contributed by atoms with Gasteiger partial charge in [0.05, 0.1) is 11.5 Å². The van der Waals surface area contributed by atoms with Gasteiger partial charge in [-0.15, -0.1) is 0 Å². The van der Waals surface area contributed by atoms with E-state index < -0.39 is 16.1 Å². The smallest absolute Gasteiger partial charge is 0.243 e.